The summed E-state index contributed by atoms with van der Waals surface area (Å²) in [5.41, 5.74) is 2.77. The summed E-state index contributed by atoms with van der Waals surface area (Å²) >= 11 is 17.2. The Balaban J connectivity index is 1.62. The molecule has 8 nitrogen and oxygen atoms in total. The van der Waals surface area contributed by atoms with Crippen LogP contribution in [-0.2, 0) is 16.1 Å². The van der Waals surface area contributed by atoms with Crippen molar-refractivity contribution in [3.05, 3.63) is 117 Å². The van der Waals surface area contributed by atoms with Gasteiger partial charge in [-0.1, -0.05) is 75.9 Å². The number of carbonyl (C=O) groups excluding carboxylic acids is 1. The van der Waals surface area contributed by atoms with E-state index in [1.54, 1.807) is 48.9 Å². The number of hydrogen-bond donors (Lipinski definition) is 0. The number of aromatic nitrogens is 1. The predicted molar refractivity (Wildman–Crippen MR) is 189 cm³/mol. The monoisotopic (exact) mass is 758 g/mol. The lowest BCUT2D eigenvalue weighted by Crippen LogP contribution is -2.40. The molecule has 0 saturated carbocycles. The van der Waals surface area contributed by atoms with Crippen LogP contribution in [0, 0.1) is 0 Å². The number of hydrogen-bond acceptors (Lipinski definition) is 8. The molecule has 5 rings (SSSR count). The fourth-order valence-electron chi connectivity index (χ4n) is 5.28. The average Bonchev–Trinajstić information content (AvgIpc) is 3.35. The van der Waals surface area contributed by atoms with Gasteiger partial charge in [-0.25, -0.2) is 9.79 Å². The zero-order valence-electron chi connectivity index (χ0n) is 26.3. The number of fused-ring (bicyclic) bond motifs is 1. The van der Waals surface area contributed by atoms with E-state index in [2.05, 4.69) is 15.9 Å². The van der Waals surface area contributed by atoms with Crippen molar-refractivity contribution in [3.63, 3.8) is 0 Å². The van der Waals surface area contributed by atoms with Gasteiger partial charge in [0.25, 0.3) is 5.56 Å². The van der Waals surface area contributed by atoms with Gasteiger partial charge < -0.3 is 18.9 Å². The number of thiazole rings is 1. The third-order valence-corrected chi connectivity index (χ3v) is 9.41. The molecular weight excluding hydrogens is 727 g/mol. The number of halogens is 3. The van der Waals surface area contributed by atoms with Crippen molar-refractivity contribution in [1.29, 1.82) is 0 Å². The number of nitrogens with zero attached hydrogens (tertiary/aromatic N) is 2. The minimum Gasteiger partial charge on any atom is -0.496 e. The first-order chi connectivity index (χ1) is 22.7. The molecule has 3 aromatic carbocycles. The van der Waals surface area contributed by atoms with E-state index < -0.39 is 12.0 Å². The molecule has 2 heterocycles. The molecule has 0 N–H and O–H groups in total. The summed E-state index contributed by atoms with van der Waals surface area (Å²) in [5, 5.41) is 1.05. The molecule has 4 aromatic rings. The summed E-state index contributed by atoms with van der Waals surface area (Å²) in [5.74, 6) is 1.06. The van der Waals surface area contributed by atoms with E-state index in [4.69, 9.17) is 47.1 Å². The molecule has 246 valence electrons. The van der Waals surface area contributed by atoms with Crippen molar-refractivity contribution < 1.29 is 23.7 Å². The summed E-state index contributed by atoms with van der Waals surface area (Å²) in [4.78, 5) is 33.1. The van der Waals surface area contributed by atoms with E-state index in [1.165, 1.54) is 11.3 Å². The highest BCUT2D eigenvalue weighted by Gasteiger charge is 2.36. The molecule has 12 heteroatoms. The predicted octanol–water partition coefficient (Wildman–Crippen LogP) is 7.63. The van der Waals surface area contributed by atoms with Gasteiger partial charge in [-0.3, -0.25) is 9.36 Å². The van der Waals surface area contributed by atoms with Gasteiger partial charge in [-0.05, 0) is 74.4 Å². The fourth-order valence-corrected chi connectivity index (χ4v) is 7.14. The Bertz CT molecular complexity index is 2020. The van der Waals surface area contributed by atoms with E-state index in [0.717, 1.165) is 22.0 Å². The lowest BCUT2D eigenvalue weighted by atomic mass is 9.93. The number of carbonyl (C=O) groups is 1. The molecule has 47 heavy (non-hydrogen) atoms. The van der Waals surface area contributed by atoms with E-state index in [1.807, 2.05) is 44.2 Å². The lowest BCUT2D eigenvalue weighted by Gasteiger charge is -2.27. The minimum absolute atomic E-state index is 0.184. The lowest BCUT2D eigenvalue weighted by molar-refractivity contribution is -0.139. The van der Waals surface area contributed by atoms with Crippen molar-refractivity contribution in [2.45, 2.75) is 46.3 Å². The molecule has 0 unspecified atom stereocenters. The second-order valence-electron chi connectivity index (χ2n) is 10.5. The van der Waals surface area contributed by atoms with Crippen LogP contribution in [0.5, 0.6) is 17.2 Å². The van der Waals surface area contributed by atoms with Crippen LogP contribution < -0.4 is 29.1 Å². The molecule has 1 aliphatic heterocycles. The Morgan fingerprint density at radius 3 is 2.49 bits per heavy atom. The molecular formula is C35H33BrCl2N2O6S. The molecule has 1 aliphatic rings. The first-order valence-corrected chi connectivity index (χ1v) is 17.4. The molecule has 0 spiro atoms. The third-order valence-electron chi connectivity index (χ3n) is 7.34. The second-order valence-corrected chi connectivity index (χ2v) is 13.2. The molecule has 0 bridgehead atoms. The molecule has 0 aliphatic carbocycles. The van der Waals surface area contributed by atoms with Crippen LogP contribution in [-0.4, -0.2) is 30.9 Å². The van der Waals surface area contributed by atoms with Crippen LogP contribution in [0.4, 0.5) is 0 Å². The Morgan fingerprint density at radius 1 is 1.00 bits per heavy atom. The molecule has 0 radical (unpaired) electrons. The molecule has 0 amide bonds. The maximum atomic E-state index is 14.2. The highest BCUT2D eigenvalue weighted by atomic mass is 79.9. The first kappa shape index (κ1) is 34.8. The van der Waals surface area contributed by atoms with Gasteiger partial charge in [0.15, 0.2) is 16.3 Å². The SMILES string of the molecule is CCCC1=C(C(=O)OCC)[C@@H](c2cc(Br)ccc2OC)n2c(s/c(=C/c3ccc(OCc4ccc(Cl)cc4Cl)c(OCC)c3)c2=O)=N1. The fraction of sp³-hybridized carbons (Fsp3) is 0.286. The van der Waals surface area contributed by atoms with E-state index >= 15 is 0 Å². The van der Waals surface area contributed by atoms with Gasteiger partial charge in [0.05, 0.1) is 36.1 Å². The molecule has 1 aromatic heterocycles. The summed E-state index contributed by atoms with van der Waals surface area (Å²) in [6.45, 7) is 6.47. The van der Waals surface area contributed by atoms with Crippen LogP contribution >= 0.6 is 50.5 Å². The maximum Gasteiger partial charge on any atom is 0.338 e. The van der Waals surface area contributed by atoms with Crippen LogP contribution in [0.1, 0.15) is 56.3 Å². The number of ether oxygens (including phenoxy) is 4. The van der Waals surface area contributed by atoms with Crippen molar-refractivity contribution >= 4 is 62.5 Å². The number of rotatable bonds is 12. The maximum absolute atomic E-state index is 14.2. The van der Waals surface area contributed by atoms with Crippen LogP contribution in [0.2, 0.25) is 10.0 Å². The van der Waals surface area contributed by atoms with Crippen molar-refractivity contribution in [2.24, 2.45) is 4.99 Å². The van der Waals surface area contributed by atoms with Gasteiger partial charge in [0.1, 0.15) is 18.4 Å². The van der Waals surface area contributed by atoms with Gasteiger partial charge in [-0.15, -0.1) is 0 Å². The van der Waals surface area contributed by atoms with E-state index in [-0.39, 0.29) is 18.8 Å². The zero-order chi connectivity index (χ0) is 33.7. The molecule has 0 fully saturated rings. The van der Waals surface area contributed by atoms with Gasteiger partial charge in [0.2, 0.25) is 0 Å². The highest BCUT2D eigenvalue weighted by Crippen LogP contribution is 2.38. The summed E-state index contributed by atoms with van der Waals surface area (Å²) < 4.78 is 26.0. The highest BCUT2D eigenvalue weighted by molar-refractivity contribution is 9.10. The number of esters is 1. The van der Waals surface area contributed by atoms with Crippen molar-refractivity contribution in [1.82, 2.24) is 4.57 Å². The van der Waals surface area contributed by atoms with E-state index in [0.29, 0.717) is 66.5 Å². The van der Waals surface area contributed by atoms with E-state index in [9.17, 15) is 9.59 Å². The third kappa shape index (κ3) is 7.62. The van der Waals surface area contributed by atoms with Gasteiger partial charge in [0, 0.05) is 25.6 Å². The quantitative estimate of drug-likeness (QED) is 0.138. The minimum atomic E-state index is -0.809. The number of methoxy groups -OCH3 is 1. The second kappa shape index (κ2) is 15.6. The number of allylic oxidation sites excluding steroid dienone is 1. The van der Waals surface area contributed by atoms with Crippen LogP contribution in [0.3, 0.4) is 0 Å². The van der Waals surface area contributed by atoms with Crippen molar-refractivity contribution in [3.8, 4) is 17.2 Å². The van der Waals surface area contributed by atoms with Gasteiger partial charge in [-0.2, -0.15) is 0 Å². The van der Waals surface area contributed by atoms with Crippen LogP contribution in [0.25, 0.3) is 6.08 Å². The van der Waals surface area contributed by atoms with Crippen molar-refractivity contribution in [2.75, 3.05) is 20.3 Å². The summed E-state index contributed by atoms with van der Waals surface area (Å²) in [6.07, 6.45) is 3.07. The number of benzene rings is 3. The Morgan fingerprint density at radius 2 is 1.79 bits per heavy atom. The Hall–Kier alpha value is -3.57. The average molecular weight is 761 g/mol. The smallest absolute Gasteiger partial charge is 0.338 e. The van der Waals surface area contributed by atoms with Crippen LogP contribution in [0.15, 0.2) is 80.1 Å². The first-order valence-electron chi connectivity index (χ1n) is 15.1. The van der Waals surface area contributed by atoms with Gasteiger partial charge >= 0.3 is 5.97 Å². The zero-order valence-corrected chi connectivity index (χ0v) is 30.2. The summed E-state index contributed by atoms with van der Waals surface area (Å²) in [7, 11) is 1.56. The summed E-state index contributed by atoms with van der Waals surface area (Å²) in [6, 6.07) is 15.4. The largest absolute Gasteiger partial charge is 0.496 e. The standard InChI is InChI=1S/C35H33BrCl2N2O6S/c1-5-8-26-31(34(42)45-7-3)32(24-17-22(36)11-14-27(24)43-4)40-33(41)30(47-35(40)39-26)16-20-9-13-28(29(15-20)44-6-2)46-19-21-10-12-23(37)18-25(21)38/h9-18,32H,5-8,19H2,1-4H3/b30-16+/t32-/m1/s1. The normalized spacial score (nSPS) is 14.4. The topological polar surface area (TPSA) is 88.4 Å². The molecule has 1 atom stereocenters. The molecule has 0 saturated heterocycles. The Labute approximate surface area is 295 Å². The Kier molecular flexibility index (Phi) is 11.5.